The van der Waals surface area contributed by atoms with Gasteiger partial charge in [0.15, 0.2) is 5.84 Å². The lowest BCUT2D eigenvalue weighted by atomic mass is 10.1. The third-order valence-corrected chi connectivity index (χ3v) is 1.54. The van der Waals surface area contributed by atoms with Crippen LogP contribution in [0.3, 0.4) is 0 Å². The minimum absolute atomic E-state index is 0. The van der Waals surface area contributed by atoms with Crippen LogP contribution in [0.25, 0.3) is 0 Å². The Balaban J connectivity index is 0. The van der Waals surface area contributed by atoms with Crippen LogP contribution in [0.5, 0.6) is 0 Å². The van der Waals surface area contributed by atoms with Gasteiger partial charge in [0.2, 0.25) is 0 Å². The van der Waals surface area contributed by atoms with Gasteiger partial charge in [-0.15, -0.1) is 12.4 Å². The fourth-order valence-electron chi connectivity index (χ4n) is 0.839. The van der Waals surface area contributed by atoms with Crippen LogP contribution in [0.2, 0.25) is 0 Å². The number of nitrogens with zero attached hydrogens (tertiary/aromatic N) is 1. The minimum Gasteiger partial charge on any atom is -0.409 e. The van der Waals surface area contributed by atoms with Crippen LogP contribution in [-0.4, -0.2) is 21.4 Å². The molecular formula is C8H14ClN3O3. The predicted molar refractivity (Wildman–Crippen MR) is 58.1 cm³/mol. The van der Waals surface area contributed by atoms with E-state index in [1.165, 1.54) is 0 Å². The zero-order valence-electron chi connectivity index (χ0n) is 7.87. The molecule has 0 aliphatic rings. The third kappa shape index (κ3) is 5.18. The number of oxime groups is 1. The van der Waals surface area contributed by atoms with E-state index in [4.69, 9.17) is 21.3 Å². The number of rotatable bonds is 2. The summed E-state index contributed by atoms with van der Waals surface area (Å²) in [5, 5.41) is 26.4. The van der Waals surface area contributed by atoms with Crippen molar-refractivity contribution in [3.8, 4) is 0 Å². The fraction of sp³-hybridized carbons (Fsp3) is 0.125. The number of hydrogen-bond donors (Lipinski definition) is 5. The van der Waals surface area contributed by atoms with Gasteiger partial charge in [-0.3, -0.25) is 0 Å². The summed E-state index contributed by atoms with van der Waals surface area (Å²) < 4.78 is 0. The van der Waals surface area contributed by atoms with Crippen molar-refractivity contribution in [2.45, 2.75) is 6.61 Å². The molecule has 0 fully saturated rings. The number of nitrogens with two attached hydrogens (primary N) is 2. The first kappa shape index (κ1) is 16.1. The molecule has 0 saturated carbocycles. The van der Waals surface area contributed by atoms with Gasteiger partial charge in [-0.2, -0.15) is 0 Å². The number of benzene rings is 1. The Kier molecular flexibility index (Phi) is 9.90. The summed E-state index contributed by atoms with van der Waals surface area (Å²) in [6.45, 7) is -0.00352. The molecular weight excluding hydrogens is 222 g/mol. The highest BCUT2D eigenvalue weighted by atomic mass is 35.5. The normalized spacial score (nSPS) is 9.67. The van der Waals surface area contributed by atoms with Gasteiger partial charge in [0, 0.05) is 5.56 Å². The average molecular weight is 236 g/mol. The van der Waals surface area contributed by atoms with Gasteiger partial charge < -0.3 is 21.3 Å². The summed E-state index contributed by atoms with van der Waals surface area (Å²) in [6.07, 6.45) is 0. The molecule has 86 valence electrons. The molecule has 0 bridgehead atoms. The Morgan fingerprint density at radius 1 is 1.20 bits per heavy atom. The summed E-state index contributed by atoms with van der Waals surface area (Å²) in [4.78, 5) is 0. The maximum absolute atomic E-state index is 8.71. The van der Waals surface area contributed by atoms with Crippen LogP contribution < -0.4 is 11.6 Å². The molecule has 7 heteroatoms. The topological polar surface area (TPSA) is 125 Å². The zero-order valence-corrected chi connectivity index (χ0v) is 8.68. The van der Waals surface area contributed by atoms with E-state index >= 15 is 0 Å². The lowest BCUT2D eigenvalue weighted by Gasteiger charge is -1.99. The van der Waals surface area contributed by atoms with Gasteiger partial charge in [0.1, 0.15) is 0 Å². The van der Waals surface area contributed by atoms with Gasteiger partial charge in [0.05, 0.1) is 6.61 Å². The fourth-order valence-corrected chi connectivity index (χ4v) is 0.839. The molecule has 1 rings (SSSR count). The smallest absolute Gasteiger partial charge is 0.170 e. The van der Waals surface area contributed by atoms with E-state index in [0.29, 0.717) is 5.56 Å². The number of aliphatic hydroxyl groups excluding tert-OH is 1. The molecule has 0 aliphatic heterocycles. The average Bonchev–Trinajstić information content (AvgIpc) is 2.31. The van der Waals surface area contributed by atoms with E-state index in [9.17, 15) is 0 Å². The molecule has 0 aliphatic carbocycles. The molecule has 0 spiro atoms. The molecule has 7 N–H and O–H groups in total. The standard InChI is InChI=1S/C8H10N2O2.ClH.H3NO/c9-8(10-12)7-3-1-6(5-11)2-4-7;;1-2/h1-4,11-12H,5H2,(H2,9,10);1H;2H,1H2. The van der Waals surface area contributed by atoms with Crippen molar-refractivity contribution >= 4 is 18.2 Å². The molecule has 0 unspecified atom stereocenters. The van der Waals surface area contributed by atoms with Crippen molar-refractivity contribution in [3.05, 3.63) is 35.4 Å². The summed E-state index contributed by atoms with van der Waals surface area (Å²) in [5.74, 6) is 3.57. The zero-order chi connectivity index (χ0) is 11.0. The largest absolute Gasteiger partial charge is 0.409 e. The summed E-state index contributed by atoms with van der Waals surface area (Å²) in [6, 6.07) is 6.79. The highest BCUT2D eigenvalue weighted by Crippen LogP contribution is 2.03. The van der Waals surface area contributed by atoms with Crippen LogP contribution in [0, 0.1) is 0 Å². The Morgan fingerprint density at radius 2 is 1.67 bits per heavy atom. The SMILES string of the molecule is Cl.NC(=NO)c1ccc(CO)cc1.NO. The van der Waals surface area contributed by atoms with Crippen LogP contribution in [-0.2, 0) is 6.61 Å². The predicted octanol–water partition coefficient (Wildman–Crippen LogP) is 0.0295. The second-order valence-electron chi connectivity index (χ2n) is 2.34. The number of halogens is 1. The maximum atomic E-state index is 8.71. The Morgan fingerprint density at radius 3 is 2.00 bits per heavy atom. The summed E-state index contributed by atoms with van der Waals surface area (Å²) in [7, 11) is 0. The Hall–Kier alpha value is -1.34. The Bertz CT molecular complexity index is 290. The first-order valence-corrected chi connectivity index (χ1v) is 3.71. The number of hydrogen-bond acceptors (Lipinski definition) is 5. The van der Waals surface area contributed by atoms with E-state index < -0.39 is 0 Å². The lowest BCUT2D eigenvalue weighted by Crippen LogP contribution is -2.12. The van der Waals surface area contributed by atoms with Gasteiger partial charge in [-0.25, -0.2) is 5.90 Å². The van der Waals surface area contributed by atoms with Crippen molar-refractivity contribution in [2.24, 2.45) is 16.8 Å². The van der Waals surface area contributed by atoms with Crippen LogP contribution in [0.15, 0.2) is 29.4 Å². The van der Waals surface area contributed by atoms with Gasteiger partial charge >= 0.3 is 0 Å². The van der Waals surface area contributed by atoms with Gasteiger partial charge in [-0.1, -0.05) is 29.4 Å². The lowest BCUT2D eigenvalue weighted by molar-refractivity contribution is 0.282. The van der Waals surface area contributed by atoms with E-state index in [0.717, 1.165) is 5.56 Å². The highest BCUT2D eigenvalue weighted by molar-refractivity contribution is 5.96. The molecule has 0 radical (unpaired) electrons. The molecule has 6 nitrogen and oxygen atoms in total. The second-order valence-corrected chi connectivity index (χ2v) is 2.34. The Labute approximate surface area is 93.2 Å². The van der Waals surface area contributed by atoms with Crippen molar-refractivity contribution in [2.75, 3.05) is 0 Å². The molecule has 0 saturated heterocycles. The van der Waals surface area contributed by atoms with Crippen molar-refractivity contribution in [3.63, 3.8) is 0 Å². The van der Waals surface area contributed by atoms with Crippen molar-refractivity contribution in [1.82, 2.24) is 0 Å². The minimum atomic E-state index is -0.00352. The highest BCUT2D eigenvalue weighted by Gasteiger charge is 1.97. The molecule has 0 atom stereocenters. The third-order valence-electron chi connectivity index (χ3n) is 1.54. The van der Waals surface area contributed by atoms with Gasteiger partial charge in [0.25, 0.3) is 0 Å². The summed E-state index contributed by atoms with van der Waals surface area (Å²) in [5.41, 5.74) is 6.75. The van der Waals surface area contributed by atoms with Crippen molar-refractivity contribution < 1.29 is 15.5 Å². The van der Waals surface area contributed by atoms with E-state index in [1.54, 1.807) is 24.3 Å². The number of amidine groups is 1. The molecule has 0 aromatic heterocycles. The van der Waals surface area contributed by atoms with E-state index in [-0.39, 0.29) is 24.8 Å². The van der Waals surface area contributed by atoms with Gasteiger partial charge in [-0.05, 0) is 5.56 Å². The first-order chi connectivity index (χ1) is 6.77. The molecule has 1 aromatic carbocycles. The number of aliphatic hydroxyl groups is 1. The monoisotopic (exact) mass is 235 g/mol. The summed E-state index contributed by atoms with van der Waals surface area (Å²) >= 11 is 0. The van der Waals surface area contributed by atoms with Crippen molar-refractivity contribution in [1.29, 1.82) is 0 Å². The molecule has 15 heavy (non-hydrogen) atoms. The molecule has 0 heterocycles. The van der Waals surface area contributed by atoms with E-state index in [2.05, 4.69) is 11.1 Å². The quantitative estimate of drug-likeness (QED) is 0.214. The second kappa shape index (κ2) is 9.22. The maximum Gasteiger partial charge on any atom is 0.170 e. The first-order valence-electron chi connectivity index (χ1n) is 3.71. The van der Waals surface area contributed by atoms with Crippen LogP contribution in [0.1, 0.15) is 11.1 Å². The van der Waals surface area contributed by atoms with Crippen LogP contribution in [0.4, 0.5) is 0 Å². The molecule has 1 aromatic rings. The van der Waals surface area contributed by atoms with E-state index in [1.807, 2.05) is 0 Å². The molecule has 0 amide bonds. The van der Waals surface area contributed by atoms with Crippen LogP contribution >= 0.6 is 12.4 Å².